The van der Waals surface area contributed by atoms with E-state index in [1.54, 1.807) is 24.3 Å². The van der Waals surface area contributed by atoms with Crippen LogP contribution in [-0.4, -0.2) is 29.7 Å². The van der Waals surface area contributed by atoms with E-state index < -0.39 is 17.9 Å². The van der Waals surface area contributed by atoms with Gasteiger partial charge in [0.25, 0.3) is 0 Å². The van der Waals surface area contributed by atoms with Gasteiger partial charge in [0.1, 0.15) is 6.04 Å². The fraction of sp³-hybridized carbons (Fsp3) is 0.156. The number of Topliss-reactive ketones (excluding diaryl/α,β-unsaturated/α-hetero) is 1. The van der Waals surface area contributed by atoms with Crippen LogP contribution in [-0.2, 0) is 9.59 Å². The highest BCUT2D eigenvalue weighted by atomic mass is 16.2. The molecule has 4 unspecified atom stereocenters. The number of ketones is 1. The highest BCUT2D eigenvalue weighted by molar-refractivity contribution is 6.25. The van der Waals surface area contributed by atoms with Crippen molar-refractivity contribution in [1.82, 2.24) is 0 Å². The molecule has 0 aromatic heterocycles. The molecule has 2 saturated heterocycles. The summed E-state index contributed by atoms with van der Waals surface area (Å²) in [6, 6.07) is 27.5. The second-order valence-electron chi connectivity index (χ2n) is 10.1. The van der Waals surface area contributed by atoms with Crippen LogP contribution in [0.5, 0.6) is 0 Å². The van der Waals surface area contributed by atoms with Gasteiger partial charge in [-0.2, -0.15) is 0 Å². The summed E-state index contributed by atoms with van der Waals surface area (Å²) in [6.45, 7) is 1.96. The summed E-state index contributed by atoms with van der Waals surface area (Å²) in [5.74, 6) is -2.10. The number of carbonyl (C=O) groups is 3. The van der Waals surface area contributed by atoms with Gasteiger partial charge in [-0.15, -0.1) is 0 Å². The Morgan fingerprint density at radius 2 is 1.46 bits per heavy atom. The Morgan fingerprint density at radius 1 is 0.757 bits per heavy atom. The van der Waals surface area contributed by atoms with Crippen LogP contribution < -0.4 is 9.80 Å². The molecule has 4 atom stereocenters. The lowest BCUT2D eigenvalue weighted by molar-refractivity contribution is -0.122. The summed E-state index contributed by atoms with van der Waals surface area (Å²) >= 11 is 0. The van der Waals surface area contributed by atoms with E-state index in [-0.39, 0.29) is 23.6 Å². The third kappa shape index (κ3) is 3.07. The van der Waals surface area contributed by atoms with Gasteiger partial charge in [0, 0.05) is 16.8 Å². The van der Waals surface area contributed by atoms with Gasteiger partial charge < -0.3 is 4.90 Å². The van der Waals surface area contributed by atoms with E-state index in [0.717, 1.165) is 27.6 Å². The van der Waals surface area contributed by atoms with Crippen LogP contribution in [0.3, 0.4) is 0 Å². The Morgan fingerprint density at radius 3 is 2.24 bits per heavy atom. The third-order valence-corrected chi connectivity index (χ3v) is 8.03. The number of rotatable bonds is 3. The average molecular weight is 485 g/mol. The van der Waals surface area contributed by atoms with Crippen molar-refractivity contribution in [2.75, 3.05) is 9.80 Å². The second kappa shape index (κ2) is 8.00. The maximum absolute atomic E-state index is 14.1. The number of benzene rings is 4. The zero-order valence-electron chi connectivity index (χ0n) is 20.2. The van der Waals surface area contributed by atoms with Crippen molar-refractivity contribution < 1.29 is 14.4 Å². The van der Waals surface area contributed by atoms with Crippen LogP contribution in [0.2, 0.25) is 0 Å². The molecule has 4 aromatic rings. The van der Waals surface area contributed by atoms with Crippen molar-refractivity contribution in [3.63, 3.8) is 0 Å². The van der Waals surface area contributed by atoms with Crippen LogP contribution >= 0.6 is 0 Å². The molecular weight excluding hydrogens is 460 g/mol. The summed E-state index contributed by atoms with van der Waals surface area (Å²) < 4.78 is 0. The van der Waals surface area contributed by atoms with E-state index in [1.165, 1.54) is 4.90 Å². The molecule has 5 nitrogen and oxygen atoms in total. The van der Waals surface area contributed by atoms with Crippen molar-refractivity contribution in [3.8, 4) is 0 Å². The van der Waals surface area contributed by atoms with Crippen LogP contribution in [0.1, 0.15) is 21.5 Å². The number of anilines is 2. The smallest absolute Gasteiger partial charge is 0.240 e. The topological polar surface area (TPSA) is 57.7 Å². The molecule has 3 aliphatic rings. The molecule has 0 bridgehead atoms. The van der Waals surface area contributed by atoms with Gasteiger partial charge in [0.2, 0.25) is 11.8 Å². The number of hydrogen-bond acceptors (Lipinski definition) is 4. The fourth-order valence-electron chi connectivity index (χ4n) is 6.35. The summed E-state index contributed by atoms with van der Waals surface area (Å²) in [5.41, 5.74) is 4.04. The lowest BCUT2D eigenvalue weighted by Gasteiger charge is -2.37. The molecule has 37 heavy (non-hydrogen) atoms. The molecule has 2 amide bonds. The monoisotopic (exact) mass is 484 g/mol. The quantitative estimate of drug-likeness (QED) is 0.288. The molecule has 7 rings (SSSR count). The standard InChI is InChI=1S/C32H24N2O3/c1-19-11-14-22(15-12-19)33-31(36)27-26-18-16-24-23-10-6-5-7-20(23)13-17-25(24)34(26)29(28(27)32(33)37)30(35)21-8-3-2-4-9-21/h2-18,26-29H,1H3. The first-order valence-electron chi connectivity index (χ1n) is 12.6. The number of nitrogens with zero attached hydrogens (tertiary/aromatic N) is 2. The van der Waals surface area contributed by atoms with Gasteiger partial charge in [-0.05, 0) is 35.9 Å². The number of hydrogen-bond donors (Lipinski definition) is 0. The van der Waals surface area contributed by atoms with Gasteiger partial charge in [-0.1, -0.05) is 90.5 Å². The van der Waals surface area contributed by atoms with Gasteiger partial charge in [0.15, 0.2) is 5.78 Å². The summed E-state index contributed by atoms with van der Waals surface area (Å²) in [4.78, 5) is 45.3. The SMILES string of the molecule is Cc1ccc(N2C(=O)C3C(C2=O)C(C(=O)c2ccccc2)N2c4ccc5ccccc5c4C=CC32)cc1. The zero-order chi connectivity index (χ0) is 25.3. The lowest BCUT2D eigenvalue weighted by atomic mass is 9.86. The first kappa shape index (κ1) is 21.7. The molecular formula is C32H24N2O3. The Hall–Kier alpha value is -4.51. The molecule has 2 fully saturated rings. The predicted octanol–water partition coefficient (Wildman–Crippen LogP) is 5.42. The van der Waals surface area contributed by atoms with Crippen LogP contribution in [0, 0.1) is 18.8 Å². The maximum atomic E-state index is 14.1. The maximum Gasteiger partial charge on any atom is 0.240 e. The van der Waals surface area contributed by atoms with Crippen LogP contribution in [0.15, 0.2) is 97.1 Å². The molecule has 0 radical (unpaired) electrons. The molecule has 3 aliphatic heterocycles. The Balaban J connectivity index is 1.40. The molecule has 180 valence electrons. The Labute approximate surface area is 214 Å². The Bertz CT molecular complexity index is 1620. The zero-order valence-corrected chi connectivity index (χ0v) is 20.2. The van der Waals surface area contributed by atoms with Crippen LogP contribution in [0.25, 0.3) is 16.8 Å². The number of amides is 2. The van der Waals surface area contributed by atoms with E-state index in [9.17, 15) is 14.4 Å². The molecule has 0 saturated carbocycles. The molecule has 5 heteroatoms. The number of fused-ring (bicyclic) bond motifs is 7. The minimum Gasteiger partial charge on any atom is -0.352 e. The normalized spacial score (nSPS) is 23.8. The van der Waals surface area contributed by atoms with Gasteiger partial charge in [0.05, 0.1) is 23.6 Å². The van der Waals surface area contributed by atoms with Gasteiger partial charge in [-0.3, -0.25) is 14.4 Å². The number of carbonyl (C=O) groups excluding carboxylic acids is 3. The molecule has 0 N–H and O–H groups in total. The van der Waals surface area contributed by atoms with E-state index in [4.69, 9.17) is 0 Å². The second-order valence-corrected chi connectivity index (χ2v) is 10.1. The molecule has 3 heterocycles. The number of imide groups is 1. The molecule has 0 spiro atoms. The van der Waals surface area contributed by atoms with E-state index in [0.29, 0.717) is 11.3 Å². The fourth-order valence-corrected chi connectivity index (χ4v) is 6.35. The average Bonchev–Trinajstić information content (AvgIpc) is 3.41. The van der Waals surface area contributed by atoms with E-state index in [1.807, 2.05) is 72.5 Å². The third-order valence-electron chi connectivity index (χ3n) is 8.03. The van der Waals surface area contributed by atoms with Crippen LogP contribution in [0.4, 0.5) is 11.4 Å². The number of aryl methyl sites for hydroxylation is 1. The van der Waals surface area contributed by atoms with E-state index in [2.05, 4.69) is 18.2 Å². The molecule has 0 aliphatic carbocycles. The largest absolute Gasteiger partial charge is 0.352 e. The minimum absolute atomic E-state index is 0.139. The summed E-state index contributed by atoms with van der Waals surface area (Å²) in [5, 5.41) is 2.18. The van der Waals surface area contributed by atoms with Crippen molar-refractivity contribution in [1.29, 1.82) is 0 Å². The highest BCUT2D eigenvalue weighted by Crippen LogP contribution is 2.50. The van der Waals surface area contributed by atoms with Gasteiger partial charge in [-0.25, -0.2) is 4.90 Å². The van der Waals surface area contributed by atoms with Gasteiger partial charge >= 0.3 is 0 Å². The summed E-state index contributed by atoms with van der Waals surface area (Å²) in [6.07, 6.45) is 4.06. The van der Waals surface area contributed by atoms with Crippen molar-refractivity contribution in [2.45, 2.75) is 19.0 Å². The molecule has 4 aromatic carbocycles. The highest BCUT2D eigenvalue weighted by Gasteiger charge is 2.64. The Kier molecular flexibility index (Phi) is 4.70. The summed E-state index contributed by atoms with van der Waals surface area (Å²) in [7, 11) is 0. The first-order valence-corrected chi connectivity index (χ1v) is 12.6. The van der Waals surface area contributed by atoms with Crippen molar-refractivity contribution in [2.24, 2.45) is 11.8 Å². The minimum atomic E-state index is -0.783. The van der Waals surface area contributed by atoms with Crippen molar-refractivity contribution in [3.05, 3.63) is 114 Å². The van der Waals surface area contributed by atoms with Crippen molar-refractivity contribution >= 4 is 45.8 Å². The first-order chi connectivity index (χ1) is 18.0. The lowest BCUT2D eigenvalue weighted by Crippen LogP contribution is -2.48. The predicted molar refractivity (Wildman–Crippen MR) is 144 cm³/mol. The van der Waals surface area contributed by atoms with E-state index >= 15 is 0 Å².